The maximum atomic E-state index is 14.1. The molecule has 4 atom stereocenters. The number of halogens is 1. The van der Waals surface area contributed by atoms with Crippen LogP contribution in [0.25, 0.3) is 0 Å². The smallest absolute Gasteiger partial charge is 0.488 e. The Morgan fingerprint density at radius 3 is 2.43 bits per heavy atom. The van der Waals surface area contributed by atoms with Gasteiger partial charge in [-0.2, -0.15) is 0 Å². The predicted octanol–water partition coefficient (Wildman–Crippen LogP) is 3.62. The molecule has 2 amide bonds. The van der Waals surface area contributed by atoms with Crippen LogP contribution in [0.5, 0.6) is 11.5 Å². The second kappa shape index (κ2) is 11.7. The van der Waals surface area contributed by atoms with Crippen molar-refractivity contribution in [3.8, 4) is 11.5 Å². The van der Waals surface area contributed by atoms with Gasteiger partial charge in [0.2, 0.25) is 11.8 Å². The molecular formula is C35H27BBrNO8. The van der Waals surface area contributed by atoms with Crippen LogP contribution in [0, 0.1) is 17.8 Å². The number of aromatic hydroxyl groups is 1. The number of hydrogen-bond donors (Lipinski definition) is 3. The zero-order valence-electron chi connectivity index (χ0n) is 24.3. The Bertz CT molecular complexity index is 1920. The van der Waals surface area contributed by atoms with E-state index in [2.05, 4.69) is 15.9 Å². The van der Waals surface area contributed by atoms with Crippen molar-refractivity contribution >= 4 is 57.6 Å². The lowest BCUT2D eigenvalue weighted by atomic mass is 9.59. The van der Waals surface area contributed by atoms with E-state index in [9.17, 15) is 34.3 Å². The highest BCUT2D eigenvalue weighted by molar-refractivity contribution is 9.12. The Kier molecular flexibility index (Phi) is 7.63. The molecule has 3 aromatic carbocycles. The van der Waals surface area contributed by atoms with Crippen LogP contribution in [0.3, 0.4) is 0 Å². The van der Waals surface area contributed by atoms with Gasteiger partial charge in [-0.25, -0.2) is 0 Å². The number of nitrogens with zero attached hydrogens (tertiary/aromatic N) is 1. The molecule has 4 aliphatic rings. The third-order valence-electron chi connectivity index (χ3n) is 9.32. The molecule has 46 heavy (non-hydrogen) atoms. The molecule has 0 unspecified atom stereocenters. The van der Waals surface area contributed by atoms with E-state index in [-0.39, 0.29) is 63.5 Å². The number of carbonyl (C=O) groups is 4. The Balaban J connectivity index is 1.28. The van der Waals surface area contributed by atoms with Crippen LogP contribution in [0.15, 0.2) is 106 Å². The zero-order valence-corrected chi connectivity index (χ0v) is 25.9. The maximum absolute atomic E-state index is 14.1. The largest absolute Gasteiger partial charge is 0.507 e. The Labute approximate surface area is 272 Å². The molecule has 230 valence electrons. The Morgan fingerprint density at radius 1 is 0.913 bits per heavy atom. The number of phenolic OH excluding ortho intramolecular Hbond substituents is 1. The van der Waals surface area contributed by atoms with Gasteiger partial charge >= 0.3 is 7.12 Å². The molecule has 11 heteroatoms. The van der Waals surface area contributed by atoms with Crippen molar-refractivity contribution in [2.45, 2.75) is 25.4 Å². The summed E-state index contributed by atoms with van der Waals surface area (Å²) in [6.45, 7) is 0.285. The number of hydrogen-bond acceptors (Lipinski definition) is 8. The van der Waals surface area contributed by atoms with Gasteiger partial charge in [0.15, 0.2) is 11.6 Å². The summed E-state index contributed by atoms with van der Waals surface area (Å²) < 4.78 is 6.01. The summed E-state index contributed by atoms with van der Waals surface area (Å²) in [6, 6.07) is 20.4. The number of anilines is 1. The standard InChI is InChI=1S/C35H27BBrNO8/c37-27-16-29(40)32-26(33(27)41)15-25-22(30(32)23-10-9-21(14-28(23)39)46-17-18-5-2-1-3-6-18)11-12-24-31(25)35(43)38(34(24)42)20-8-4-7-19(13-20)36(44)45/h1-11,13-14,16,24-25,30-31,39,44-45H,12,15,17H2/t24-,25+,30+,31-/m0/s1. The van der Waals surface area contributed by atoms with E-state index in [0.29, 0.717) is 16.9 Å². The Hall–Kier alpha value is -4.58. The summed E-state index contributed by atoms with van der Waals surface area (Å²) in [5.74, 6) is -4.28. The highest BCUT2D eigenvalue weighted by Crippen LogP contribution is 2.56. The van der Waals surface area contributed by atoms with Crippen LogP contribution in [-0.2, 0) is 25.8 Å². The number of Topliss-reactive ketones (excluding diaryl/α,β-unsaturated/α-hetero) is 1. The highest BCUT2D eigenvalue weighted by atomic mass is 79.9. The minimum Gasteiger partial charge on any atom is -0.507 e. The lowest BCUT2D eigenvalue weighted by Crippen LogP contribution is -2.39. The fourth-order valence-corrected chi connectivity index (χ4v) is 7.69. The number of carbonyl (C=O) groups excluding carboxylic acids is 4. The highest BCUT2D eigenvalue weighted by Gasteiger charge is 2.57. The van der Waals surface area contributed by atoms with Gasteiger partial charge in [0.25, 0.3) is 0 Å². The molecular weight excluding hydrogens is 653 g/mol. The van der Waals surface area contributed by atoms with Crippen molar-refractivity contribution in [1.29, 1.82) is 0 Å². The van der Waals surface area contributed by atoms with E-state index in [0.717, 1.165) is 10.5 Å². The molecule has 1 fully saturated rings. The molecule has 1 aliphatic heterocycles. The van der Waals surface area contributed by atoms with Crippen molar-refractivity contribution in [3.05, 3.63) is 117 Å². The molecule has 0 spiro atoms. The van der Waals surface area contributed by atoms with Gasteiger partial charge in [-0.1, -0.05) is 60.2 Å². The molecule has 3 aromatic rings. The number of ketones is 2. The molecule has 3 aliphatic carbocycles. The minimum atomic E-state index is -1.78. The van der Waals surface area contributed by atoms with Crippen molar-refractivity contribution < 1.29 is 39.1 Å². The summed E-state index contributed by atoms with van der Waals surface area (Å²) in [6.07, 6.45) is 3.41. The van der Waals surface area contributed by atoms with Crippen molar-refractivity contribution in [2.75, 3.05) is 4.90 Å². The second-order valence-corrected chi connectivity index (χ2v) is 12.7. The maximum Gasteiger partial charge on any atom is 0.488 e. The number of ether oxygens (including phenoxy) is 1. The second-order valence-electron chi connectivity index (χ2n) is 11.9. The van der Waals surface area contributed by atoms with Gasteiger partial charge in [-0.3, -0.25) is 24.1 Å². The Morgan fingerprint density at radius 2 is 1.70 bits per heavy atom. The average molecular weight is 680 g/mol. The molecule has 9 nitrogen and oxygen atoms in total. The first-order valence-electron chi connectivity index (χ1n) is 14.9. The molecule has 0 bridgehead atoms. The molecule has 0 aromatic heterocycles. The van der Waals surface area contributed by atoms with E-state index >= 15 is 0 Å². The number of fused-ring (bicyclic) bond motifs is 3. The summed E-state index contributed by atoms with van der Waals surface area (Å²) in [7, 11) is -1.78. The number of phenols is 1. The van der Waals surface area contributed by atoms with Gasteiger partial charge in [0, 0.05) is 34.8 Å². The first-order chi connectivity index (χ1) is 22.1. The predicted molar refractivity (Wildman–Crippen MR) is 172 cm³/mol. The fourth-order valence-electron chi connectivity index (χ4n) is 7.24. The molecule has 7 rings (SSSR count). The van der Waals surface area contributed by atoms with Crippen molar-refractivity contribution in [1.82, 2.24) is 0 Å². The van der Waals surface area contributed by atoms with Crippen LogP contribution in [-0.4, -0.2) is 45.7 Å². The number of amides is 2. The third kappa shape index (κ3) is 4.95. The van der Waals surface area contributed by atoms with Gasteiger partial charge in [0.1, 0.15) is 18.1 Å². The number of benzene rings is 3. The summed E-state index contributed by atoms with van der Waals surface area (Å²) in [4.78, 5) is 55.9. The van der Waals surface area contributed by atoms with E-state index in [1.165, 1.54) is 30.3 Å². The number of imide groups is 1. The van der Waals surface area contributed by atoms with Gasteiger partial charge in [0.05, 0.1) is 22.0 Å². The first-order valence-corrected chi connectivity index (χ1v) is 15.7. The lowest BCUT2D eigenvalue weighted by molar-refractivity contribution is -0.123. The molecule has 0 saturated carbocycles. The molecule has 1 heterocycles. The molecule has 3 N–H and O–H groups in total. The zero-order chi connectivity index (χ0) is 32.3. The van der Waals surface area contributed by atoms with Crippen molar-refractivity contribution in [3.63, 3.8) is 0 Å². The van der Waals surface area contributed by atoms with Crippen LogP contribution in [0.2, 0.25) is 0 Å². The van der Waals surface area contributed by atoms with Crippen LogP contribution < -0.4 is 15.1 Å². The number of rotatable bonds is 6. The normalized spacial score (nSPS) is 23.8. The van der Waals surface area contributed by atoms with Crippen molar-refractivity contribution in [2.24, 2.45) is 17.8 Å². The minimum absolute atomic E-state index is 0.0770. The summed E-state index contributed by atoms with van der Waals surface area (Å²) in [5.41, 5.74) is 2.89. The average Bonchev–Trinajstić information content (AvgIpc) is 3.31. The van der Waals surface area contributed by atoms with Crippen LogP contribution in [0.1, 0.15) is 29.9 Å². The van der Waals surface area contributed by atoms with Crippen LogP contribution in [0.4, 0.5) is 5.69 Å². The fraction of sp³-hybridized carbons (Fsp3) is 0.200. The van der Waals surface area contributed by atoms with Gasteiger partial charge in [-0.15, -0.1) is 0 Å². The summed E-state index contributed by atoms with van der Waals surface area (Å²) in [5, 5.41) is 30.7. The monoisotopic (exact) mass is 679 g/mol. The van der Waals surface area contributed by atoms with E-state index < -0.39 is 42.6 Å². The third-order valence-corrected chi connectivity index (χ3v) is 9.91. The SMILES string of the molecule is O=C1C=C(Br)C(=O)C2=C1[C@@H](c1ccc(OCc3ccccc3)cc1O)C1=CC[C@@H]3C(=O)N(c4cccc(B(O)O)c4)C(=O)[C@@H]3[C@@H]1C2. The quantitative estimate of drug-likeness (QED) is 0.155. The summed E-state index contributed by atoms with van der Waals surface area (Å²) >= 11 is 3.22. The van der Waals surface area contributed by atoms with E-state index in [1.807, 2.05) is 36.4 Å². The van der Waals surface area contributed by atoms with E-state index in [4.69, 9.17) is 4.74 Å². The van der Waals surface area contributed by atoms with E-state index in [1.54, 1.807) is 18.2 Å². The van der Waals surface area contributed by atoms with Gasteiger partial charge < -0.3 is 19.9 Å². The molecule has 1 saturated heterocycles. The number of allylic oxidation sites excluding steroid dienone is 6. The lowest BCUT2D eigenvalue weighted by Gasteiger charge is -2.42. The molecule has 0 radical (unpaired) electrons. The van der Waals surface area contributed by atoms with Crippen LogP contribution >= 0.6 is 15.9 Å². The van der Waals surface area contributed by atoms with Gasteiger partial charge in [-0.05, 0) is 63.9 Å². The topological polar surface area (TPSA) is 141 Å². The first kappa shape index (κ1) is 30.1.